The van der Waals surface area contributed by atoms with Crippen LogP contribution in [0.15, 0.2) is 57.9 Å². The number of thioether (sulfide) groups is 1. The summed E-state index contributed by atoms with van der Waals surface area (Å²) in [5, 5.41) is 2.19. The van der Waals surface area contributed by atoms with Gasteiger partial charge in [-0.1, -0.05) is 34.1 Å². The fourth-order valence-corrected chi connectivity index (χ4v) is 3.75. The van der Waals surface area contributed by atoms with Crippen molar-refractivity contribution in [3.05, 3.63) is 69.3 Å². The van der Waals surface area contributed by atoms with E-state index in [1.54, 1.807) is 43.3 Å². The minimum absolute atomic E-state index is 0.00994. The van der Waals surface area contributed by atoms with E-state index < -0.39 is 23.1 Å². The van der Waals surface area contributed by atoms with E-state index in [9.17, 15) is 18.8 Å². The molecular weight excluding hydrogens is 475 g/mol. The van der Waals surface area contributed by atoms with E-state index in [0.29, 0.717) is 5.75 Å². The second kappa shape index (κ2) is 9.90. The standard InChI is InChI=1S/C21H18BrFN2O4S/c1-13(29-16-8-6-15(22)7-9-16)19(26)24-10-11-25-20(27)18(30-21(25)28)12-14-4-2-3-5-17(14)23/h2-9,12-13H,10-11H2,1H3,(H,24,26)/b18-12-. The average molecular weight is 493 g/mol. The number of hydrogen-bond acceptors (Lipinski definition) is 5. The van der Waals surface area contributed by atoms with Gasteiger partial charge in [0, 0.05) is 23.1 Å². The van der Waals surface area contributed by atoms with Gasteiger partial charge in [0.2, 0.25) is 0 Å². The van der Waals surface area contributed by atoms with Crippen LogP contribution in [0.25, 0.3) is 6.08 Å². The molecule has 1 saturated heterocycles. The van der Waals surface area contributed by atoms with Crippen LogP contribution in [0.4, 0.5) is 9.18 Å². The third-order valence-electron chi connectivity index (χ3n) is 4.20. The summed E-state index contributed by atoms with van der Waals surface area (Å²) >= 11 is 4.07. The van der Waals surface area contributed by atoms with Crippen LogP contribution in [-0.2, 0) is 9.59 Å². The predicted octanol–water partition coefficient (Wildman–Crippen LogP) is 4.21. The summed E-state index contributed by atoms with van der Waals surface area (Å²) in [6.45, 7) is 1.70. The highest BCUT2D eigenvalue weighted by Crippen LogP contribution is 2.32. The van der Waals surface area contributed by atoms with E-state index in [1.807, 2.05) is 0 Å². The SMILES string of the molecule is CC(Oc1ccc(Br)cc1)C(=O)NCCN1C(=O)S/C(=C\c2ccccc2F)C1=O. The Morgan fingerprint density at radius 3 is 2.63 bits per heavy atom. The first kappa shape index (κ1) is 22.0. The molecule has 0 bridgehead atoms. The number of halogens is 2. The predicted molar refractivity (Wildman–Crippen MR) is 116 cm³/mol. The van der Waals surface area contributed by atoms with E-state index in [2.05, 4.69) is 21.2 Å². The van der Waals surface area contributed by atoms with Gasteiger partial charge >= 0.3 is 0 Å². The number of hydrogen-bond donors (Lipinski definition) is 1. The van der Waals surface area contributed by atoms with Gasteiger partial charge in [0.25, 0.3) is 17.1 Å². The Labute approximate surface area is 185 Å². The Hall–Kier alpha value is -2.65. The lowest BCUT2D eigenvalue weighted by atomic mass is 10.2. The van der Waals surface area contributed by atoms with Gasteiger partial charge in [-0.05, 0) is 55.1 Å². The van der Waals surface area contributed by atoms with E-state index in [1.165, 1.54) is 18.2 Å². The zero-order valence-corrected chi connectivity index (χ0v) is 18.3. The first-order valence-corrected chi connectivity index (χ1v) is 10.7. The van der Waals surface area contributed by atoms with Gasteiger partial charge in [0.05, 0.1) is 4.91 Å². The summed E-state index contributed by atoms with van der Waals surface area (Å²) in [4.78, 5) is 38.0. The molecule has 2 aromatic carbocycles. The van der Waals surface area contributed by atoms with Crippen molar-refractivity contribution in [3.63, 3.8) is 0 Å². The van der Waals surface area contributed by atoms with Gasteiger partial charge < -0.3 is 10.1 Å². The Balaban J connectivity index is 1.52. The number of rotatable bonds is 7. The molecule has 1 fully saturated rings. The van der Waals surface area contributed by atoms with Crippen LogP contribution in [0.3, 0.4) is 0 Å². The highest BCUT2D eigenvalue weighted by atomic mass is 79.9. The normalized spacial score (nSPS) is 16.1. The number of benzene rings is 2. The average Bonchev–Trinajstić information content (AvgIpc) is 2.98. The van der Waals surface area contributed by atoms with Gasteiger partial charge in [0.1, 0.15) is 11.6 Å². The van der Waals surface area contributed by atoms with Crippen molar-refractivity contribution in [1.82, 2.24) is 10.2 Å². The van der Waals surface area contributed by atoms with Gasteiger partial charge in [-0.15, -0.1) is 0 Å². The molecule has 1 aliphatic rings. The molecule has 1 unspecified atom stereocenters. The maximum atomic E-state index is 13.8. The molecule has 156 valence electrons. The summed E-state index contributed by atoms with van der Waals surface area (Å²) < 4.78 is 20.2. The van der Waals surface area contributed by atoms with Crippen molar-refractivity contribution < 1.29 is 23.5 Å². The quantitative estimate of drug-likeness (QED) is 0.585. The first-order chi connectivity index (χ1) is 14.3. The van der Waals surface area contributed by atoms with E-state index in [4.69, 9.17) is 4.74 Å². The second-order valence-corrected chi connectivity index (χ2v) is 8.27. The van der Waals surface area contributed by atoms with Crippen molar-refractivity contribution in [2.75, 3.05) is 13.1 Å². The molecule has 1 atom stereocenters. The fraction of sp³-hybridized carbons (Fsp3) is 0.190. The van der Waals surface area contributed by atoms with Gasteiger partial charge in [-0.3, -0.25) is 19.3 Å². The lowest BCUT2D eigenvalue weighted by molar-refractivity contribution is -0.128. The molecule has 0 aliphatic carbocycles. The van der Waals surface area contributed by atoms with Crippen molar-refractivity contribution in [3.8, 4) is 5.75 Å². The molecule has 1 heterocycles. The van der Waals surface area contributed by atoms with Gasteiger partial charge in [-0.25, -0.2) is 4.39 Å². The maximum absolute atomic E-state index is 13.8. The number of nitrogens with one attached hydrogen (secondary N) is 1. The molecule has 9 heteroatoms. The Bertz CT molecular complexity index is 997. The van der Waals surface area contributed by atoms with Crippen LogP contribution in [0, 0.1) is 5.82 Å². The molecule has 1 N–H and O–H groups in total. The van der Waals surface area contributed by atoms with Crippen LogP contribution in [0.1, 0.15) is 12.5 Å². The van der Waals surface area contributed by atoms with E-state index in [0.717, 1.165) is 21.1 Å². The minimum Gasteiger partial charge on any atom is -0.481 e. The van der Waals surface area contributed by atoms with Crippen LogP contribution in [-0.4, -0.2) is 41.1 Å². The molecule has 0 spiro atoms. The number of nitrogens with zero attached hydrogens (tertiary/aromatic N) is 1. The van der Waals surface area contributed by atoms with Crippen LogP contribution < -0.4 is 10.1 Å². The molecule has 30 heavy (non-hydrogen) atoms. The largest absolute Gasteiger partial charge is 0.481 e. The van der Waals surface area contributed by atoms with Gasteiger partial charge in [-0.2, -0.15) is 0 Å². The van der Waals surface area contributed by atoms with E-state index in [-0.39, 0.29) is 29.5 Å². The summed E-state index contributed by atoms with van der Waals surface area (Å²) in [5.41, 5.74) is 0.232. The monoisotopic (exact) mass is 492 g/mol. The number of amides is 3. The molecule has 0 aromatic heterocycles. The third-order valence-corrected chi connectivity index (χ3v) is 5.63. The van der Waals surface area contributed by atoms with Crippen molar-refractivity contribution in [1.29, 1.82) is 0 Å². The molecular formula is C21H18BrFN2O4S. The van der Waals surface area contributed by atoms with Crippen LogP contribution >= 0.6 is 27.7 Å². The van der Waals surface area contributed by atoms with Crippen molar-refractivity contribution in [2.45, 2.75) is 13.0 Å². The summed E-state index contributed by atoms with van der Waals surface area (Å²) in [7, 11) is 0. The molecule has 0 saturated carbocycles. The zero-order valence-electron chi connectivity index (χ0n) is 15.9. The number of imide groups is 1. The highest BCUT2D eigenvalue weighted by molar-refractivity contribution is 9.10. The molecule has 2 aromatic rings. The minimum atomic E-state index is -0.748. The Morgan fingerprint density at radius 2 is 1.93 bits per heavy atom. The van der Waals surface area contributed by atoms with Crippen LogP contribution in [0.5, 0.6) is 5.75 Å². The topological polar surface area (TPSA) is 75.7 Å². The summed E-state index contributed by atoms with van der Waals surface area (Å²) in [6, 6.07) is 13.1. The molecule has 3 rings (SSSR count). The number of carbonyl (C=O) groups excluding carboxylic acids is 3. The molecule has 6 nitrogen and oxygen atoms in total. The lowest BCUT2D eigenvalue weighted by Gasteiger charge is -2.16. The maximum Gasteiger partial charge on any atom is 0.293 e. The first-order valence-electron chi connectivity index (χ1n) is 9.05. The Morgan fingerprint density at radius 1 is 1.23 bits per heavy atom. The summed E-state index contributed by atoms with van der Waals surface area (Å²) in [5.74, 6) is -0.810. The number of ether oxygens (including phenoxy) is 1. The zero-order chi connectivity index (χ0) is 21.7. The lowest BCUT2D eigenvalue weighted by Crippen LogP contribution is -2.41. The van der Waals surface area contributed by atoms with Crippen molar-refractivity contribution in [2.24, 2.45) is 0 Å². The highest BCUT2D eigenvalue weighted by Gasteiger charge is 2.34. The smallest absolute Gasteiger partial charge is 0.293 e. The molecule has 0 radical (unpaired) electrons. The molecule has 1 aliphatic heterocycles. The van der Waals surface area contributed by atoms with Gasteiger partial charge in [0.15, 0.2) is 6.10 Å². The van der Waals surface area contributed by atoms with E-state index >= 15 is 0 Å². The third kappa shape index (κ3) is 5.48. The Kier molecular flexibility index (Phi) is 7.28. The second-order valence-electron chi connectivity index (χ2n) is 6.36. The molecule has 3 amide bonds. The van der Waals surface area contributed by atoms with Crippen LogP contribution in [0.2, 0.25) is 0 Å². The fourth-order valence-electron chi connectivity index (χ4n) is 2.63. The summed E-state index contributed by atoms with van der Waals surface area (Å²) in [6.07, 6.45) is 0.606. The number of carbonyl (C=O) groups is 3. The van der Waals surface area contributed by atoms with Crippen molar-refractivity contribution >= 4 is 50.8 Å².